The molecule has 1 N–H and O–H groups in total. The standard InChI is InChI=1S/C17H25ClN2O3/c1-3-9-23-16-7-6-14(10-15(16)18)19-17(21)20-8-4-5-13(11-20)12-22-2/h6-7,10,13H,3-5,8-9,11-12H2,1-2H3,(H,19,21)/t13-/m0/s1. The van der Waals surface area contributed by atoms with Crippen molar-refractivity contribution in [1.29, 1.82) is 0 Å². The van der Waals surface area contributed by atoms with Crippen molar-refractivity contribution in [3.8, 4) is 5.75 Å². The first-order valence-corrected chi connectivity index (χ1v) is 8.49. The topological polar surface area (TPSA) is 50.8 Å². The average molecular weight is 341 g/mol. The van der Waals surface area contributed by atoms with E-state index >= 15 is 0 Å². The number of nitrogens with zero attached hydrogens (tertiary/aromatic N) is 1. The molecular formula is C17H25ClN2O3. The van der Waals surface area contributed by atoms with Gasteiger partial charge in [0.2, 0.25) is 0 Å². The zero-order valence-electron chi connectivity index (χ0n) is 13.8. The number of anilines is 1. The van der Waals surface area contributed by atoms with Gasteiger partial charge in [-0.05, 0) is 37.5 Å². The Kier molecular flexibility index (Phi) is 6.99. The number of ether oxygens (including phenoxy) is 2. The van der Waals surface area contributed by atoms with Crippen molar-refractivity contribution >= 4 is 23.3 Å². The predicted octanol–water partition coefficient (Wildman–Crippen LogP) is 4.02. The first-order valence-electron chi connectivity index (χ1n) is 8.11. The van der Waals surface area contributed by atoms with Crippen LogP contribution in [-0.2, 0) is 4.74 Å². The summed E-state index contributed by atoms with van der Waals surface area (Å²) < 4.78 is 10.7. The maximum absolute atomic E-state index is 12.4. The van der Waals surface area contributed by atoms with Crippen molar-refractivity contribution in [2.75, 3.05) is 38.7 Å². The van der Waals surface area contributed by atoms with Crippen LogP contribution in [0.15, 0.2) is 18.2 Å². The number of benzene rings is 1. The molecule has 0 saturated carbocycles. The van der Waals surface area contributed by atoms with Crippen LogP contribution in [0.4, 0.5) is 10.5 Å². The lowest BCUT2D eigenvalue weighted by Crippen LogP contribution is -2.43. The van der Waals surface area contributed by atoms with Crippen molar-refractivity contribution in [2.24, 2.45) is 5.92 Å². The molecule has 0 bridgehead atoms. The number of hydrogen-bond donors (Lipinski definition) is 1. The second-order valence-corrected chi connectivity index (χ2v) is 6.24. The van der Waals surface area contributed by atoms with E-state index in [1.165, 1.54) is 0 Å². The smallest absolute Gasteiger partial charge is 0.321 e. The summed E-state index contributed by atoms with van der Waals surface area (Å²) in [7, 11) is 1.70. The fourth-order valence-corrected chi connectivity index (χ4v) is 2.97. The normalized spacial score (nSPS) is 17.9. The zero-order valence-corrected chi connectivity index (χ0v) is 14.6. The highest BCUT2D eigenvalue weighted by Crippen LogP contribution is 2.28. The van der Waals surface area contributed by atoms with Crippen LogP contribution in [0, 0.1) is 5.92 Å². The maximum Gasteiger partial charge on any atom is 0.321 e. The van der Waals surface area contributed by atoms with Crippen molar-refractivity contribution < 1.29 is 14.3 Å². The Labute approximate surface area is 142 Å². The molecule has 6 heteroatoms. The van der Waals surface area contributed by atoms with E-state index in [1.807, 2.05) is 17.9 Å². The van der Waals surface area contributed by atoms with Gasteiger partial charge >= 0.3 is 6.03 Å². The molecule has 0 aliphatic carbocycles. The number of urea groups is 1. The lowest BCUT2D eigenvalue weighted by molar-refractivity contribution is 0.104. The van der Waals surface area contributed by atoms with Crippen molar-refractivity contribution in [3.63, 3.8) is 0 Å². The first kappa shape index (κ1) is 17.9. The van der Waals surface area contributed by atoms with Gasteiger partial charge in [0.1, 0.15) is 5.75 Å². The van der Waals surface area contributed by atoms with Crippen molar-refractivity contribution in [3.05, 3.63) is 23.2 Å². The summed E-state index contributed by atoms with van der Waals surface area (Å²) in [5.74, 6) is 1.05. The van der Waals surface area contributed by atoms with Gasteiger partial charge in [0.25, 0.3) is 0 Å². The number of carbonyl (C=O) groups excluding carboxylic acids is 1. The number of amides is 2. The number of rotatable bonds is 6. The van der Waals surface area contributed by atoms with Crippen LogP contribution in [0.2, 0.25) is 5.02 Å². The lowest BCUT2D eigenvalue weighted by atomic mass is 9.99. The van der Waals surface area contributed by atoms with Crippen LogP contribution in [0.3, 0.4) is 0 Å². The van der Waals surface area contributed by atoms with Gasteiger partial charge in [0, 0.05) is 31.8 Å². The minimum absolute atomic E-state index is 0.0934. The molecule has 0 radical (unpaired) electrons. The summed E-state index contributed by atoms with van der Waals surface area (Å²) in [4.78, 5) is 14.2. The summed E-state index contributed by atoms with van der Waals surface area (Å²) in [5.41, 5.74) is 0.678. The summed E-state index contributed by atoms with van der Waals surface area (Å²) in [6, 6.07) is 5.23. The van der Waals surface area contributed by atoms with Gasteiger partial charge in [0.05, 0.1) is 18.2 Å². The number of piperidine rings is 1. The minimum atomic E-state index is -0.0934. The fraction of sp³-hybridized carbons (Fsp3) is 0.588. The van der Waals surface area contributed by atoms with Crippen LogP contribution in [-0.4, -0.2) is 44.3 Å². The van der Waals surface area contributed by atoms with Gasteiger partial charge in [-0.15, -0.1) is 0 Å². The summed E-state index contributed by atoms with van der Waals surface area (Å²) in [5, 5.41) is 3.41. The molecule has 1 aliphatic rings. The number of carbonyl (C=O) groups is 1. The van der Waals surface area contributed by atoms with Crippen LogP contribution in [0.1, 0.15) is 26.2 Å². The Bertz CT molecular complexity index is 523. The molecule has 5 nitrogen and oxygen atoms in total. The molecule has 1 saturated heterocycles. The molecular weight excluding hydrogens is 316 g/mol. The van der Waals surface area contributed by atoms with Crippen LogP contribution in [0.5, 0.6) is 5.75 Å². The number of likely N-dealkylation sites (tertiary alicyclic amines) is 1. The molecule has 1 fully saturated rings. The lowest BCUT2D eigenvalue weighted by Gasteiger charge is -2.32. The largest absolute Gasteiger partial charge is 0.492 e. The highest BCUT2D eigenvalue weighted by molar-refractivity contribution is 6.32. The second kappa shape index (κ2) is 8.99. The summed E-state index contributed by atoms with van der Waals surface area (Å²) in [6.07, 6.45) is 3.03. The Morgan fingerprint density at radius 3 is 3.00 bits per heavy atom. The molecule has 0 aromatic heterocycles. The molecule has 1 heterocycles. The average Bonchev–Trinajstić information content (AvgIpc) is 2.55. The molecule has 1 aromatic rings. The summed E-state index contributed by atoms with van der Waals surface area (Å²) >= 11 is 6.19. The molecule has 23 heavy (non-hydrogen) atoms. The van der Waals surface area contributed by atoms with Crippen LogP contribution >= 0.6 is 11.6 Å². The van der Waals surface area contributed by atoms with Gasteiger partial charge in [-0.2, -0.15) is 0 Å². The second-order valence-electron chi connectivity index (χ2n) is 5.83. The highest BCUT2D eigenvalue weighted by atomic mass is 35.5. The molecule has 1 aromatic carbocycles. The van der Waals surface area contributed by atoms with Gasteiger partial charge in [-0.3, -0.25) is 0 Å². The Hall–Kier alpha value is -1.46. The number of hydrogen-bond acceptors (Lipinski definition) is 3. The first-order chi connectivity index (χ1) is 11.1. The number of methoxy groups -OCH3 is 1. The minimum Gasteiger partial charge on any atom is -0.492 e. The van der Waals surface area contributed by atoms with Crippen molar-refractivity contribution in [1.82, 2.24) is 4.90 Å². The van der Waals surface area contributed by atoms with E-state index in [4.69, 9.17) is 21.1 Å². The SMILES string of the molecule is CCCOc1ccc(NC(=O)N2CCC[C@H](COC)C2)cc1Cl. The third kappa shape index (κ3) is 5.29. The van der Waals surface area contributed by atoms with E-state index in [9.17, 15) is 4.79 Å². The molecule has 0 spiro atoms. The quantitative estimate of drug-likeness (QED) is 0.851. The van der Waals surface area contributed by atoms with E-state index in [1.54, 1.807) is 19.2 Å². The predicted molar refractivity (Wildman–Crippen MR) is 92.4 cm³/mol. The Morgan fingerprint density at radius 1 is 1.48 bits per heavy atom. The van der Waals surface area contributed by atoms with Gasteiger partial charge in [-0.1, -0.05) is 18.5 Å². The van der Waals surface area contributed by atoms with Gasteiger partial charge in [-0.25, -0.2) is 4.79 Å². The molecule has 2 amide bonds. The van der Waals surface area contributed by atoms with Crippen LogP contribution in [0.25, 0.3) is 0 Å². The van der Waals surface area contributed by atoms with Gasteiger partial charge in [0.15, 0.2) is 0 Å². The molecule has 128 valence electrons. The van der Waals surface area contributed by atoms with E-state index < -0.39 is 0 Å². The number of halogens is 1. The molecule has 1 aliphatic heterocycles. The summed E-state index contributed by atoms with van der Waals surface area (Å²) in [6.45, 7) is 4.86. The van der Waals surface area contributed by atoms with E-state index in [2.05, 4.69) is 5.32 Å². The Balaban J connectivity index is 1.93. The van der Waals surface area contributed by atoms with E-state index in [0.29, 0.717) is 35.6 Å². The fourth-order valence-electron chi connectivity index (χ4n) is 2.73. The molecule has 2 rings (SSSR count). The van der Waals surface area contributed by atoms with Crippen LogP contribution < -0.4 is 10.1 Å². The molecule has 1 atom stereocenters. The van der Waals surface area contributed by atoms with E-state index in [0.717, 1.165) is 32.4 Å². The maximum atomic E-state index is 12.4. The van der Waals surface area contributed by atoms with Crippen molar-refractivity contribution in [2.45, 2.75) is 26.2 Å². The van der Waals surface area contributed by atoms with E-state index in [-0.39, 0.29) is 6.03 Å². The highest BCUT2D eigenvalue weighted by Gasteiger charge is 2.23. The Morgan fingerprint density at radius 2 is 2.30 bits per heavy atom. The zero-order chi connectivity index (χ0) is 16.7. The third-order valence-corrected chi connectivity index (χ3v) is 4.15. The third-order valence-electron chi connectivity index (χ3n) is 3.85. The monoisotopic (exact) mass is 340 g/mol. The molecule has 0 unspecified atom stereocenters. The number of nitrogens with one attached hydrogen (secondary N) is 1. The van der Waals surface area contributed by atoms with Gasteiger partial charge < -0.3 is 19.7 Å².